The molecule has 0 radical (unpaired) electrons. The molecule has 0 unspecified atom stereocenters. The average Bonchev–Trinajstić information content (AvgIpc) is 2.57. The Kier molecular flexibility index (Phi) is 7.96. The van der Waals surface area contributed by atoms with Gasteiger partial charge in [-0.2, -0.15) is 0 Å². The minimum absolute atomic E-state index is 1.09. The molecular formula is C12H19Br2NS. The fourth-order valence-corrected chi connectivity index (χ4v) is 3.81. The van der Waals surface area contributed by atoms with Crippen LogP contribution in [0.25, 0.3) is 0 Å². The highest BCUT2D eigenvalue weighted by molar-refractivity contribution is 9.13. The molecule has 0 fully saturated rings. The number of unbranched alkanes of at least 4 members (excludes halogenated alkanes) is 3. The Hall–Kier alpha value is 0.620. The maximum absolute atomic E-state index is 3.53. The Balaban J connectivity index is 2.03. The molecule has 1 heterocycles. The van der Waals surface area contributed by atoms with Gasteiger partial charge < -0.3 is 5.32 Å². The summed E-state index contributed by atoms with van der Waals surface area (Å²) in [6.45, 7) is 4.43. The highest BCUT2D eigenvalue weighted by Gasteiger charge is 2.03. The van der Waals surface area contributed by atoms with E-state index < -0.39 is 0 Å². The smallest absolute Gasteiger partial charge is 0.0843 e. The van der Waals surface area contributed by atoms with Crippen LogP contribution < -0.4 is 5.32 Å². The molecule has 0 amide bonds. The van der Waals surface area contributed by atoms with Crippen molar-refractivity contribution in [1.82, 2.24) is 5.32 Å². The first-order valence-corrected chi connectivity index (χ1v) is 8.28. The van der Waals surface area contributed by atoms with Crippen LogP contribution in [0.2, 0.25) is 0 Å². The van der Waals surface area contributed by atoms with E-state index in [9.17, 15) is 0 Å². The van der Waals surface area contributed by atoms with Crippen LogP contribution in [0.5, 0.6) is 0 Å². The summed E-state index contributed by atoms with van der Waals surface area (Å²) in [7, 11) is 0. The molecule has 4 heteroatoms. The van der Waals surface area contributed by atoms with Gasteiger partial charge in [-0.1, -0.05) is 19.8 Å². The van der Waals surface area contributed by atoms with Crippen LogP contribution in [0, 0.1) is 0 Å². The third kappa shape index (κ3) is 5.80. The van der Waals surface area contributed by atoms with Crippen molar-refractivity contribution in [3.8, 4) is 0 Å². The lowest BCUT2D eigenvalue weighted by Crippen LogP contribution is -2.13. The first-order chi connectivity index (χ1) is 7.74. The predicted molar refractivity (Wildman–Crippen MR) is 80.4 cm³/mol. The summed E-state index contributed by atoms with van der Waals surface area (Å²) in [5, 5.41) is 3.36. The van der Waals surface area contributed by atoms with Crippen molar-refractivity contribution >= 4 is 43.2 Å². The van der Waals surface area contributed by atoms with E-state index in [1.54, 1.807) is 0 Å². The lowest BCUT2D eigenvalue weighted by atomic mass is 10.1. The minimum Gasteiger partial charge on any atom is -0.317 e. The van der Waals surface area contributed by atoms with Gasteiger partial charge in [0.2, 0.25) is 0 Å². The third-order valence-electron chi connectivity index (χ3n) is 2.47. The Labute approximate surface area is 119 Å². The maximum Gasteiger partial charge on any atom is 0.0843 e. The zero-order valence-corrected chi connectivity index (χ0v) is 13.7. The lowest BCUT2D eigenvalue weighted by molar-refractivity contribution is 0.599. The van der Waals surface area contributed by atoms with E-state index in [-0.39, 0.29) is 0 Å². The molecule has 1 N–H and O–H groups in total. The number of nitrogens with one attached hydrogen (secondary N) is 1. The lowest BCUT2D eigenvalue weighted by Gasteiger charge is -2.01. The van der Waals surface area contributed by atoms with Gasteiger partial charge in [0.25, 0.3) is 0 Å². The molecule has 1 rings (SSSR count). The largest absolute Gasteiger partial charge is 0.317 e. The van der Waals surface area contributed by atoms with E-state index in [1.165, 1.54) is 51.8 Å². The van der Waals surface area contributed by atoms with Crippen molar-refractivity contribution in [1.29, 1.82) is 0 Å². The monoisotopic (exact) mass is 367 g/mol. The predicted octanol–water partition coefficient (Wildman–Crippen LogP) is 4.99. The third-order valence-corrected chi connectivity index (χ3v) is 5.79. The van der Waals surface area contributed by atoms with Crippen molar-refractivity contribution in [2.45, 2.75) is 39.0 Å². The summed E-state index contributed by atoms with van der Waals surface area (Å²) in [6.07, 6.45) is 6.53. The molecule has 1 aromatic rings. The Morgan fingerprint density at radius 3 is 2.56 bits per heavy atom. The molecule has 0 aromatic carbocycles. The second-order valence-electron chi connectivity index (χ2n) is 3.85. The molecule has 0 bridgehead atoms. The average molecular weight is 369 g/mol. The number of thiophene rings is 1. The molecule has 0 spiro atoms. The SMILES string of the molecule is CCNCCCCCCc1cc(Br)c(Br)s1. The molecule has 0 aliphatic carbocycles. The van der Waals surface area contributed by atoms with Crippen molar-refractivity contribution in [2.75, 3.05) is 13.1 Å². The second-order valence-corrected chi connectivity index (χ2v) is 7.16. The van der Waals surface area contributed by atoms with Crippen molar-refractivity contribution < 1.29 is 0 Å². The maximum atomic E-state index is 3.53. The van der Waals surface area contributed by atoms with Crippen LogP contribution in [0.15, 0.2) is 14.3 Å². The minimum atomic E-state index is 1.09. The Morgan fingerprint density at radius 2 is 1.94 bits per heavy atom. The normalized spacial score (nSPS) is 10.9. The number of aryl methyl sites for hydroxylation is 1. The molecule has 1 aromatic heterocycles. The summed E-state index contributed by atoms with van der Waals surface area (Å²) in [5.41, 5.74) is 0. The molecular weight excluding hydrogens is 350 g/mol. The van der Waals surface area contributed by atoms with Crippen LogP contribution in [0.1, 0.15) is 37.5 Å². The molecule has 0 atom stereocenters. The fourth-order valence-electron chi connectivity index (χ4n) is 1.59. The molecule has 0 saturated carbocycles. The highest BCUT2D eigenvalue weighted by Crippen LogP contribution is 2.33. The second kappa shape index (κ2) is 8.67. The van der Waals surface area contributed by atoms with E-state index in [0.717, 1.165) is 6.54 Å². The zero-order chi connectivity index (χ0) is 11.8. The van der Waals surface area contributed by atoms with Crippen LogP contribution in [0.4, 0.5) is 0 Å². The summed E-state index contributed by atoms with van der Waals surface area (Å²) in [5.74, 6) is 0. The summed E-state index contributed by atoms with van der Waals surface area (Å²) >= 11 is 8.90. The first kappa shape index (κ1) is 14.7. The van der Waals surface area contributed by atoms with Gasteiger partial charge in [-0.25, -0.2) is 0 Å². The highest BCUT2D eigenvalue weighted by atomic mass is 79.9. The molecule has 1 nitrogen and oxygen atoms in total. The molecule has 0 saturated heterocycles. The van der Waals surface area contributed by atoms with E-state index >= 15 is 0 Å². The Morgan fingerprint density at radius 1 is 1.19 bits per heavy atom. The topological polar surface area (TPSA) is 12.0 Å². The van der Waals surface area contributed by atoms with Crippen LogP contribution in [-0.2, 0) is 6.42 Å². The van der Waals surface area contributed by atoms with Crippen molar-refractivity contribution in [2.24, 2.45) is 0 Å². The van der Waals surface area contributed by atoms with Crippen molar-refractivity contribution in [3.63, 3.8) is 0 Å². The zero-order valence-electron chi connectivity index (χ0n) is 9.69. The summed E-state index contributed by atoms with van der Waals surface area (Å²) in [6, 6.07) is 2.23. The van der Waals surface area contributed by atoms with Gasteiger partial charge in [-0.3, -0.25) is 0 Å². The number of halogens is 2. The van der Waals surface area contributed by atoms with Gasteiger partial charge in [0.15, 0.2) is 0 Å². The van der Waals surface area contributed by atoms with E-state index in [0.29, 0.717) is 0 Å². The van der Waals surface area contributed by atoms with Gasteiger partial charge in [-0.05, 0) is 70.3 Å². The van der Waals surface area contributed by atoms with E-state index in [2.05, 4.69) is 50.2 Å². The van der Waals surface area contributed by atoms with Crippen molar-refractivity contribution in [3.05, 3.63) is 19.2 Å². The van der Waals surface area contributed by atoms with E-state index in [1.807, 2.05) is 11.3 Å². The quantitative estimate of drug-likeness (QED) is 0.637. The van der Waals surface area contributed by atoms with Crippen LogP contribution >= 0.6 is 43.2 Å². The molecule has 0 aliphatic heterocycles. The molecule has 16 heavy (non-hydrogen) atoms. The van der Waals surface area contributed by atoms with Gasteiger partial charge in [0.1, 0.15) is 0 Å². The standard InChI is InChI=1S/C12H19Br2NS/c1-2-15-8-6-4-3-5-7-10-9-11(13)12(14)16-10/h9,15H,2-8H2,1H3. The van der Waals surface area contributed by atoms with Crippen LogP contribution in [-0.4, -0.2) is 13.1 Å². The summed E-state index contributed by atoms with van der Waals surface area (Å²) < 4.78 is 2.41. The van der Waals surface area contributed by atoms with Gasteiger partial charge in [-0.15, -0.1) is 11.3 Å². The fraction of sp³-hybridized carbons (Fsp3) is 0.667. The Bertz CT molecular complexity index is 280. The van der Waals surface area contributed by atoms with Crippen LogP contribution in [0.3, 0.4) is 0 Å². The first-order valence-electron chi connectivity index (χ1n) is 5.88. The number of rotatable bonds is 8. The molecule has 0 aliphatic rings. The van der Waals surface area contributed by atoms with Gasteiger partial charge >= 0.3 is 0 Å². The summed E-state index contributed by atoms with van der Waals surface area (Å²) in [4.78, 5) is 1.48. The van der Waals surface area contributed by atoms with E-state index in [4.69, 9.17) is 0 Å². The molecule has 92 valence electrons. The van der Waals surface area contributed by atoms with Gasteiger partial charge in [0, 0.05) is 9.35 Å². The number of hydrogen-bond donors (Lipinski definition) is 1. The number of hydrogen-bond acceptors (Lipinski definition) is 2. The van der Waals surface area contributed by atoms with Gasteiger partial charge in [0.05, 0.1) is 3.79 Å².